The average molecular weight is 209 g/mol. The van der Waals surface area contributed by atoms with Crippen molar-refractivity contribution in [3.63, 3.8) is 0 Å². The predicted molar refractivity (Wildman–Crippen MR) is 46.9 cm³/mol. The Kier molecular flexibility index (Phi) is 2.30. The van der Waals surface area contributed by atoms with E-state index in [9.17, 15) is 9.59 Å². The molecule has 6 heteroatoms. The van der Waals surface area contributed by atoms with Crippen LogP contribution in [0.5, 0.6) is 0 Å². The number of halogens is 2. The Balaban J connectivity index is 3.86. The van der Waals surface area contributed by atoms with Crippen LogP contribution in [0.25, 0.3) is 0 Å². The van der Waals surface area contributed by atoms with Crippen LogP contribution in [0.1, 0.15) is 0 Å². The van der Waals surface area contributed by atoms with Gasteiger partial charge in [-0.3, -0.25) is 18.7 Å². The third-order valence-electron chi connectivity index (χ3n) is 1.55. The molecule has 0 aliphatic rings. The summed E-state index contributed by atoms with van der Waals surface area (Å²) in [7, 11) is 2.77. The summed E-state index contributed by atoms with van der Waals surface area (Å²) in [6, 6.07) is 0. The van der Waals surface area contributed by atoms with Gasteiger partial charge in [0.25, 0.3) is 0 Å². The Labute approximate surface area is 78.0 Å². The van der Waals surface area contributed by atoms with E-state index in [4.69, 9.17) is 23.2 Å². The lowest BCUT2D eigenvalue weighted by molar-refractivity contribution is 0.746. The second kappa shape index (κ2) is 2.95. The highest BCUT2D eigenvalue weighted by Crippen LogP contribution is 2.15. The first kappa shape index (κ1) is 9.35. The maximum Gasteiger partial charge on any atom is 0.317 e. The van der Waals surface area contributed by atoms with Gasteiger partial charge in [-0.15, -0.1) is 0 Å². The minimum absolute atomic E-state index is 0.0590. The Morgan fingerprint density at radius 1 is 0.917 bits per heavy atom. The largest absolute Gasteiger partial charge is 0.317 e. The van der Waals surface area contributed by atoms with Crippen LogP contribution >= 0.6 is 23.2 Å². The summed E-state index contributed by atoms with van der Waals surface area (Å²) in [5, 5.41) is 0.118. The second-order valence-electron chi connectivity index (χ2n) is 2.31. The first-order valence-electron chi connectivity index (χ1n) is 3.08. The molecule has 0 aliphatic heterocycles. The number of hydrogen-bond acceptors (Lipinski definition) is 2. The van der Waals surface area contributed by atoms with Gasteiger partial charge in [0, 0.05) is 14.1 Å². The molecule has 1 aromatic heterocycles. The summed E-state index contributed by atoms with van der Waals surface area (Å²) in [6.07, 6.45) is 0. The minimum atomic E-state index is -0.688. The zero-order valence-electron chi connectivity index (χ0n) is 6.47. The van der Waals surface area contributed by atoms with E-state index in [1.165, 1.54) is 14.1 Å². The van der Waals surface area contributed by atoms with Gasteiger partial charge in [-0.25, -0.2) is 0 Å². The summed E-state index contributed by atoms with van der Waals surface area (Å²) in [6.45, 7) is 0. The van der Waals surface area contributed by atoms with Gasteiger partial charge in [0.2, 0.25) is 0 Å². The summed E-state index contributed by atoms with van der Waals surface area (Å²) in [4.78, 5) is 22.1. The van der Waals surface area contributed by atoms with Crippen LogP contribution in [0.4, 0.5) is 0 Å². The summed E-state index contributed by atoms with van der Waals surface area (Å²) < 4.78 is 2.01. The molecule has 0 unspecified atom stereocenters. The molecule has 12 heavy (non-hydrogen) atoms. The fourth-order valence-electron chi connectivity index (χ4n) is 0.742. The number of rotatable bonds is 0. The molecule has 0 aromatic carbocycles. The third-order valence-corrected chi connectivity index (χ3v) is 2.51. The molecule has 0 aliphatic carbocycles. The molecule has 0 bridgehead atoms. The molecule has 0 spiro atoms. The van der Waals surface area contributed by atoms with E-state index in [0.29, 0.717) is 0 Å². The molecule has 0 fully saturated rings. The quantitative estimate of drug-likeness (QED) is 0.580. The SMILES string of the molecule is Cn1c(Cl)c(Cl)n(C)c(=O)c1=O. The van der Waals surface area contributed by atoms with Gasteiger partial charge >= 0.3 is 11.1 Å². The topological polar surface area (TPSA) is 44.0 Å². The van der Waals surface area contributed by atoms with Crippen LogP contribution in [-0.2, 0) is 14.1 Å². The van der Waals surface area contributed by atoms with Crippen molar-refractivity contribution in [2.45, 2.75) is 0 Å². The minimum Gasteiger partial charge on any atom is -0.295 e. The molecule has 4 nitrogen and oxygen atoms in total. The standard InChI is InChI=1S/C6H6Cl2N2O2/c1-9-3(7)4(8)10(2)6(12)5(9)11/h1-2H3. The maximum atomic E-state index is 11.0. The van der Waals surface area contributed by atoms with Gasteiger partial charge in [-0.2, -0.15) is 0 Å². The lowest BCUT2D eigenvalue weighted by atomic mass is 10.6. The van der Waals surface area contributed by atoms with E-state index >= 15 is 0 Å². The van der Waals surface area contributed by atoms with Crippen molar-refractivity contribution >= 4 is 23.2 Å². The molecule has 0 N–H and O–H groups in total. The molecule has 0 saturated carbocycles. The lowest BCUT2D eigenvalue weighted by Crippen LogP contribution is -2.39. The first-order chi connectivity index (χ1) is 5.46. The van der Waals surface area contributed by atoms with Crippen LogP contribution < -0.4 is 11.1 Å². The smallest absolute Gasteiger partial charge is 0.295 e. The molecular formula is C6H6Cl2N2O2. The Morgan fingerprint density at radius 2 is 1.17 bits per heavy atom. The molecule has 1 heterocycles. The van der Waals surface area contributed by atoms with Gasteiger partial charge in [0.15, 0.2) is 0 Å². The fraction of sp³-hybridized carbons (Fsp3) is 0.333. The zero-order chi connectivity index (χ0) is 9.46. The van der Waals surface area contributed by atoms with Crippen molar-refractivity contribution in [2.75, 3.05) is 0 Å². The lowest BCUT2D eigenvalue weighted by Gasteiger charge is -2.05. The molecule has 0 radical (unpaired) electrons. The third kappa shape index (κ3) is 1.17. The van der Waals surface area contributed by atoms with Crippen molar-refractivity contribution in [3.05, 3.63) is 31.0 Å². The molecule has 0 atom stereocenters. The van der Waals surface area contributed by atoms with E-state index in [-0.39, 0.29) is 10.3 Å². The molecule has 1 aromatic rings. The maximum absolute atomic E-state index is 11.0. The summed E-state index contributed by atoms with van der Waals surface area (Å²) in [5.41, 5.74) is -1.38. The number of aromatic nitrogens is 2. The molecule has 0 saturated heterocycles. The summed E-state index contributed by atoms with van der Waals surface area (Å²) in [5.74, 6) is 0. The number of nitrogens with zero attached hydrogens (tertiary/aromatic N) is 2. The molecule has 1 rings (SSSR count). The Morgan fingerprint density at radius 3 is 1.42 bits per heavy atom. The van der Waals surface area contributed by atoms with Crippen LogP contribution in [0.3, 0.4) is 0 Å². The van der Waals surface area contributed by atoms with Crippen molar-refractivity contribution in [3.8, 4) is 0 Å². The monoisotopic (exact) mass is 208 g/mol. The van der Waals surface area contributed by atoms with Crippen molar-refractivity contribution in [1.29, 1.82) is 0 Å². The highest BCUT2D eigenvalue weighted by Gasteiger charge is 2.10. The number of hydrogen-bond donors (Lipinski definition) is 0. The zero-order valence-corrected chi connectivity index (χ0v) is 7.98. The van der Waals surface area contributed by atoms with Gasteiger partial charge in [0.1, 0.15) is 10.3 Å². The van der Waals surface area contributed by atoms with Crippen LogP contribution in [-0.4, -0.2) is 9.13 Å². The predicted octanol–water partition coefficient (Wildman–Crippen LogP) is 0.391. The summed E-state index contributed by atoms with van der Waals surface area (Å²) >= 11 is 11.3. The van der Waals surface area contributed by atoms with Gasteiger partial charge in [-0.05, 0) is 0 Å². The average Bonchev–Trinajstić information content (AvgIpc) is 2.08. The highest BCUT2D eigenvalue weighted by atomic mass is 35.5. The van der Waals surface area contributed by atoms with E-state index in [0.717, 1.165) is 9.13 Å². The van der Waals surface area contributed by atoms with Crippen molar-refractivity contribution in [2.24, 2.45) is 14.1 Å². The second-order valence-corrected chi connectivity index (χ2v) is 3.03. The van der Waals surface area contributed by atoms with E-state index in [2.05, 4.69) is 0 Å². The highest BCUT2D eigenvalue weighted by molar-refractivity contribution is 6.40. The Hall–Kier alpha value is -0.740. The first-order valence-corrected chi connectivity index (χ1v) is 3.83. The molecule has 0 amide bonds. The van der Waals surface area contributed by atoms with Crippen molar-refractivity contribution < 1.29 is 0 Å². The van der Waals surface area contributed by atoms with E-state index < -0.39 is 11.1 Å². The normalized spacial score (nSPS) is 10.3. The van der Waals surface area contributed by atoms with Gasteiger partial charge in [0.05, 0.1) is 0 Å². The van der Waals surface area contributed by atoms with Crippen LogP contribution in [0.15, 0.2) is 9.59 Å². The fourth-order valence-corrected chi connectivity index (χ4v) is 1.15. The Bertz CT molecular complexity index is 391. The molecular weight excluding hydrogens is 203 g/mol. The van der Waals surface area contributed by atoms with E-state index in [1.807, 2.05) is 0 Å². The van der Waals surface area contributed by atoms with E-state index in [1.54, 1.807) is 0 Å². The van der Waals surface area contributed by atoms with Gasteiger partial charge < -0.3 is 0 Å². The van der Waals surface area contributed by atoms with Crippen LogP contribution in [0.2, 0.25) is 10.3 Å². The van der Waals surface area contributed by atoms with Crippen LogP contribution in [0, 0.1) is 0 Å². The van der Waals surface area contributed by atoms with Gasteiger partial charge in [-0.1, -0.05) is 23.2 Å². The molecule has 66 valence electrons. The van der Waals surface area contributed by atoms with Crippen molar-refractivity contribution in [1.82, 2.24) is 9.13 Å².